The van der Waals surface area contributed by atoms with Crippen LogP contribution in [0.5, 0.6) is 11.5 Å². The SMILES string of the molecule is CC(C)N(SN(C)C(=O)Oc1cccc2c1OC(C)(C)C2)P1(=O)OCC(C)(C)CO1. The molecule has 0 radical (unpaired) electrons. The lowest BCUT2D eigenvalue weighted by Crippen LogP contribution is -2.37. The molecule has 3 rings (SSSR count). The Labute approximate surface area is 183 Å². The quantitative estimate of drug-likeness (QED) is 0.435. The highest BCUT2D eigenvalue weighted by Crippen LogP contribution is 2.60. The highest BCUT2D eigenvalue weighted by molar-refractivity contribution is 7.99. The molecule has 1 aromatic carbocycles. The Hall–Kier alpha value is -1.25. The normalized spacial score (nSPS) is 21.2. The summed E-state index contributed by atoms with van der Waals surface area (Å²) in [5.41, 5.74) is 0.441. The number of para-hydroxylation sites is 1. The lowest BCUT2D eigenvalue weighted by Gasteiger charge is -2.40. The number of hydrogen-bond donors (Lipinski definition) is 0. The van der Waals surface area contributed by atoms with Gasteiger partial charge in [0.25, 0.3) is 0 Å². The van der Waals surface area contributed by atoms with Gasteiger partial charge in [-0.15, -0.1) is 4.08 Å². The van der Waals surface area contributed by atoms with Crippen molar-refractivity contribution in [3.05, 3.63) is 23.8 Å². The van der Waals surface area contributed by atoms with Crippen molar-refractivity contribution in [3.63, 3.8) is 0 Å². The molecular formula is C20H31N2O6PS. The van der Waals surface area contributed by atoms with Crippen molar-refractivity contribution in [2.24, 2.45) is 5.41 Å². The van der Waals surface area contributed by atoms with Crippen molar-refractivity contribution in [1.82, 2.24) is 8.38 Å². The third-order valence-corrected chi connectivity index (χ3v) is 8.29. The van der Waals surface area contributed by atoms with Crippen LogP contribution in [0.3, 0.4) is 0 Å². The number of carbonyl (C=O) groups excluding carboxylic acids is 1. The minimum atomic E-state index is -3.54. The van der Waals surface area contributed by atoms with Crippen molar-refractivity contribution >= 4 is 26.0 Å². The van der Waals surface area contributed by atoms with E-state index >= 15 is 0 Å². The maximum atomic E-state index is 13.3. The van der Waals surface area contributed by atoms with Crippen LogP contribution in [0.15, 0.2) is 18.2 Å². The van der Waals surface area contributed by atoms with Gasteiger partial charge < -0.3 is 9.47 Å². The number of fused-ring (bicyclic) bond motifs is 1. The zero-order valence-corrected chi connectivity index (χ0v) is 20.3. The number of hydrogen-bond acceptors (Lipinski definition) is 7. The van der Waals surface area contributed by atoms with Crippen molar-refractivity contribution in [1.29, 1.82) is 0 Å². The van der Waals surface area contributed by atoms with E-state index in [0.29, 0.717) is 24.7 Å². The Kier molecular flexibility index (Phi) is 6.52. The third-order valence-electron chi connectivity index (χ3n) is 4.64. The molecule has 30 heavy (non-hydrogen) atoms. The molecule has 2 aliphatic heterocycles. The van der Waals surface area contributed by atoms with Crippen LogP contribution in [0.25, 0.3) is 0 Å². The average Bonchev–Trinajstić information content (AvgIpc) is 2.97. The molecule has 1 fully saturated rings. The molecule has 0 bridgehead atoms. The molecule has 2 heterocycles. The predicted octanol–water partition coefficient (Wildman–Crippen LogP) is 5.29. The minimum absolute atomic E-state index is 0.206. The van der Waals surface area contributed by atoms with Crippen molar-refractivity contribution < 1.29 is 27.9 Å². The largest absolute Gasteiger partial charge is 0.483 e. The van der Waals surface area contributed by atoms with Gasteiger partial charge in [-0.3, -0.25) is 9.05 Å². The summed E-state index contributed by atoms with van der Waals surface area (Å²) in [5, 5.41) is 0. The van der Waals surface area contributed by atoms with Crippen LogP contribution in [0, 0.1) is 5.41 Å². The maximum Gasteiger partial charge on any atom is 0.426 e. The molecule has 10 heteroatoms. The Balaban J connectivity index is 1.69. The van der Waals surface area contributed by atoms with Gasteiger partial charge in [0, 0.05) is 30.5 Å². The van der Waals surface area contributed by atoms with E-state index in [1.807, 2.05) is 53.7 Å². The van der Waals surface area contributed by atoms with Gasteiger partial charge in [-0.1, -0.05) is 26.0 Å². The van der Waals surface area contributed by atoms with Gasteiger partial charge in [0.05, 0.1) is 25.3 Å². The van der Waals surface area contributed by atoms with Gasteiger partial charge in [0.1, 0.15) is 5.60 Å². The Bertz CT molecular complexity index is 846. The summed E-state index contributed by atoms with van der Waals surface area (Å²) in [4.78, 5) is 12.8. The summed E-state index contributed by atoms with van der Waals surface area (Å²) < 4.78 is 38.8. The van der Waals surface area contributed by atoms with Gasteiger partial charge in [0.2, 0.25) is 0 Å². The van der Waals surface area contributed by atoms with Crippen LogP contribution in [0.4, 0.5) is 4.79 Å². The van der Waals surface area contributed by atoms with Gasteiger partial charge in [-0.25, -0.2) is 13.7 Å². The molecule has 0 saturated carbocycles. The first-order valence-electron chi connectivity index (χ1n) is 9.95. The number of amides is 1. The van der Waals surface area contributed by atoms with Crippen LogP contribution in [0.1, 0.15) is 47.1 Å². The summed E-state index contributed by atoms with van der Waals surface area (Å²) in [5.74, 6) is 0.953. The molecule has 0 N–H and O–H groups in total. The van der Waals surface area contributed by atoms with Gasteiger partial charge in [0.15, 0.2) is 11.5 Å². The molecule has 8 nitrogen and oxygen atoms in total. The number of benzene rings is 1. The number of nitrogens with zero attached hydrogens (tertiary/aromatic N) is 2. The second-order valence-corrected chi connectivity index (χ2v) is 12.6. The Morgan fingerprint density at radius 3 is 2.43 bits per heavy atom. The van der Waals surface area contributed by atoms with Gasteiger partial charge in [-0.05, 0) is 33.8 Å². The molecule has 1 saturated heterocycles. The number of ether oxygens (including phenoxy) is 2. The van der Waals surface area contributed by atoms with E-state index in [2.05, 4.69) is 0 Å². The van der Waals surface area contributed by atoms with E-state index in [4.69, 9.17) is 18.5 Å². The van der Waals surface area contributed by atoms with Crippen molar-refractivity contribution in [2.45, 2.75) is 59.6 Å². The minimum Gasteiger partial charge on any atom is -0.483 e. The first-order chi connectivity index (χ1) is 13.8. The smallest absolute Gasteiger partial charge is 0.426 e. The highest BCUT2D eigenvalue weighted by atomic mass is 32.2. The monoisotopic (exact) mass is 458 g/mol. The standard InChI is InChI=1S/C20H31N2O6PS/c1-14(2)22(29(24)25-12-19(3,4)13-26-29)30-21(7)18(23)27-16-10-8-9-15-11-20(5,6)28-17(15)16/h8-10,14H,11-13H2,1-7H3. The predicted molar refractivity (Wildman–Crippen MR) is 116 cm³/mol. The molecule has 0 aliphatic carbocycles. The Morgan fingerprint density at radius 1 is 1.20 bits per heavy atom. The lowest BCUT2D eigenvalue weighted by molar-refractivity contribution is 0.0278. The molecule has 1 amide bonds. The summed E-state index contributed by atoms with van der Waals surface area (Å²) in [6, 6.07) is 5.30. The van der Waals surface area contributed by atoms with Crippen LogP contribution in [0.2, 0.25) is 0 Å². The lowest BCUT2D eigenvalue weighted by atomic mass is 9.97. The summed E-state index contributed by atoms with van der Waals surface area (Å²) in [6.45, 7) is 12.3. The van der Waals surface area contributed by atoms with Gasteiger partial charge >= 0.3 is 13.8 Å². The number of rotatable bonds is 5. The summed E-state index contributed by atoms with van der Waals surface area (Å²) in [7, 11) is -1.99. The molecule has 2 aliphatic rings. The van der Waals surface area contributed by atoms with E-state index in [9.17, 15) is 9.36 Å². The van der Waals surface area contributed by atoms with Gasteiger partial charge in [-0.2, -0.15) is 0 Å². The second-order valence-electron chi connectivity index (χ2n) is 9.31. The van der Waals surface area contributed by atoms with Crippen LogP contribution >= 0.6 is 19.9 Å². The first kappa shape index (κ1) is 23.4. The Morgan fingerprint density at radius 2 is 1.83 bits per heavy atom. The second kappa shape index (κ2) is 8.36. The highest BCUT2D eigenvalue weighted by Gasteiger charge is 2.44. The van der Waals surface area contributed by atoms with Crippen LogP contribution in [-0.2, 0) is 20.0 Å². The topological polar surface area (TPSA) is 77.5 Å². The molecule has 0 atom stereocenters. The fourth-order valence-corrected chi connectivity index (χ4v) is 6.52. The fraction of sp³-hybridized carbons (Fsp3) is 0.650. The third kappa shape index (κ3) is 5.14. The molecule has 1 aromatic rings. The van der Waals surface area contributed by atoms with E-state index in [1.54, 1.807) is 13.1 Å². The fourth-order valence-electron chi connectivity index (χ4n) is 3.11. The molecular weight excluding hydrogens is 427 g/mol. The zero-order valence-electron chi connectivity index (χ0n) is 18.6. The van der Waals surface area contributed by atoms with Crippen LogP contribution in [-0.4, -0.2) is 46.4 Å². The van der Waals surface area contributed by atoms with E-state index in [-0.39, 0.29) is 17.1 Å². The summed E-state index contributed by atoms with van der Waals surface area (Å²) in [6.07, 6.45) is 0.129. The molecule has 0 aromatic heterocycles. The molecule has 0 unspecified atom stereocenters. The van der Waals surface area contributed by atoms with E-state index in [1.165, 1.54) is 8.38 Å². The molecule has 0 spiro atoms. The molecule has 168 valence electrons. The number of carbonyl (C=O) groups is 1. The maximum absolute atomic E-state index is 13.3. The zero-order chi connectivity index (χ0) is 22.3. The van der Waals surface area contributed by atoms with Crippen LogP contribution < -0.4 is 9.47 Å². The average molecular weight is 459 g/mol. The van der Waals surface area contributed by atoms with Crippen molar-refractivity contribution in [2.75, 3.05) is 20.3 Å². The first-order valence-corrected chi connectivity index (χ1v) is 12.2. The van der Waals surface area contributed by atoms with E-state index < -0.39 is 13.8 Å². The van der Waals surface area contributed by atoms with Crippen molar-refractivity contribution in [3.8, 4) is 11.5 Å². The van der Waals surface area contributed by atoms with E-state index in [0.717, 1.165) is 24.1 Å². The summed E-state index contributed by atoms with van der Waals surface area (Å²) >= 11 is 0.957.